The molecular formula is C28H40N2O4S3. The number of imide groups is 2. The molecule has 2 atom stereocenters. The zero-order valence-electron chi connectivity index (χ0n) is 22.5. The fourth-order valence-electron chi connectivity index (χ4n) is 5.79. The molecule has 4 heterocycles. The lowest BCUT2D eigenvalue weighted by molar-refractivity contribution is -0.153. The molecule has 37 heavy (non-hydrogen) atoms. The van der Waals surface area contributed by atoms with Crippen molar-refractivity contribution in [1.82, 2.24) is 9.80 Å². The normalized spacial score (nSPS) is 24.4. The summed E-state index contributed by atoms with van der Waals surface area (Å²) in [6.07, 6.45) is 10.7. The number of amides is 4. The second-order valence-electron chi connectivity index (χ2n) is 11.6. The molecule has 4 amide bonds. The number of carbonyl (C=O) groups excluding carboxylic acids is 4. The molecule has 0 aromatic heterocycles. The maximum absolute atomic E-state index is 13.0. The summed E-state index contributed by atoms with van der Waals surface area (Å²) in [6, 6.07) is 0. The van der Waals surface area contributed by atoms with E-state index in [0.717, 1.165) is 84.2 Å². The maximum atomic E-state index is 13.0. The number of rotatable bonds is 12. The highest BCUT2D eigenvalue weighted by molar-refractivity contribution is 8.03. The van der Waals surface area contributed by atoms with Crippen LogP contribution in [0.4, 0.5) is 0 Å². The van der Waals surface area contributed by atoms with Gasteiger partial charge in [0.1, 0.15) is 0 Å². The lowest BCUT2D eigenvalue weighted by Gasteiger charge is -2.40. The van der Waals surface area contributed by atoms with E-state index in [9.17, 15) is 19.2 Å². The highest BCUT2D eigenvalue weighted by Gasteiger charge is 2.45. The standard InChI is InChI=1S/C28H40N2O4S3/c1-27(2,29-23(31)17-21-19(25(29)33)9-15-36-21)11-5-7-13-35-14-8-6-12-28(3,4)30-24(32)18-22-20(26(30)34)10-16-37-22/h17-20H,5-16H2,1-4H3. The van der Waals surface area contributed by atoms with Crippen LogP contribution in [0, 0.1) is 11.8 Å². The van der Waals surface area contributed by atoms with E-state index in [-0.39, 0.29) is 35.5 Å². The van der Waals surface area contributed by atoms with Crippen LogP contribution in [0.15, 0.2) is 22.0 Å². The van der Waals surface area contributed by atoms with E-state index in [1.165, 1.54) is 9.80 Å². The zero-order valence-corrected chi connectivity index (χ0v) is 25.0. The van der Waals surface area contributed by atoms with E-state index in [1.54, 1.807) is 35.7 Å². The molecule has 0 radical (unpaired) electrons. The Morgan fingerprint density at radius 1 is 0.730 bits per heavy atom. The first kappa shape index (κ1) is 28.8. The molecular weight excluding hydrogens is 525 g/mol. The minimum absolute atomic E-state index is 0.0126. The number of nitrogens with zero attached hydrogens (tertiary/aromatic N) is 2. The highest BCUT2D eigenvalue weighted by atomic mass is 32.2. The predicted molar refractivity (Wildman–Crippen MR) is 154 cm³/mol. The maximum Gasteiger partial charge on any atom is 0.254 e. The van der Waals surface area contributed by atoms with Crippen molar-refractivity contribution in [1.29, 1.82) is 0 Å². The monoisotopic (exact) mass is 564 g/mol. The second-order valence-corrected chi connectivity index (χ2v) is 15.2. The van der Waals surface area contributed by atoms with Crippen molar-refractivity contribution < 1.29 is 19.2 Å². The Hall–Kier alpha value is -1.19. The molecule has 4 aliphatic heterocycles. The van der Waals surface area contributed by atoms with Gasteiger partial charge in [-0.1, -0.05) is 12.8 Å². The van der Waals surface area contributed by atoms with Gasteiger partial charge in [-0.15, -0.1) is 23.5 Å². The minimum atomic E-state index is -0.462. The van der Waals surface area contributed by atoms with Gasteiger partial charge in [-0.05, 0) is 89.2 Å². The second kappa shape index (κ2) is 11.9. The molecule has 204 valence electrons. The Balaban J connectivity index is 1.12. The van der Waals surface area contributed by atoms with Gasteiger partial charge in [0.2, 0.25) is 11.8 Å². The zero-order chi connectivity index (χ0) is 26.8. The van der Waals surface area contributed by atoms with E-state index < -0.39 is 11.1 Å². The summed E-state index contributed by atoms with van der Waals surface area (Å²) in [5, 5.41) is 0. The summed E-state index contributed by atoms with van der Waals surface area (Å²) < 4.78 is 0. The molecule has 0 aromatic rings. The van der Waals surface area contributed by atoms with Crippen molar-refractivity contribution in [3.8, 4) is 0 Å². The van der Waals surface area contributed by atoms with Crippen LogP contribution in [0.3, 0.4) is 0 Å². The van der Waals surface area contributed by atoms with Crippen molar-refractivity contribution in [3.63, 3.8) is 0 Å². The van der Waals surface area contributed by atoms with Crippen LogP contribution in [0.25, 0.3) is 0 Å². The van der Waals surface area contributed by atoms with Gasteiger partial charge >= 0.3 is 0 Å². The summed E-state index contributed by atoms with van der Waals surface area (Å²) in [7, 11) is 0. The summed E-state index contributed by atoms with van der Waals surface area (Å²) in [5.41, 5.74) is -0.924. The largest absolute Gasteiger partial charge is 0.274 e. The topological polar surface area (TPSA) is 74.8 Å². The van der Waals surface area contributed by atoms with Gasteiger partial charge in [-0.25, -0.2) is 0 Å². The number of unbranched alkanes of at least 4 members (excludes halogenated alkanes) is 2. The van der Waals surface area contributed by atoms with Crippen LogP contribution in [0.2, 0.25) is 0 Å². The average molecular weight is 565 g/mol. The number of fused-ring (bicyclic) bond motifs is 2. The molecule has 0 spiro atoms. The van der Waals surface area contributed by atoms with Gasteiger partial charge in [-0.3, -0.25) is 29.0 Å². The first-order valence-corrected chi connectivity index (χ1v) is 16.7. The van der Waals surface area contributed by atoms with Gasteiger partial charge in [0.15, 0.2) is 0 Å². The first-order valence-electron chi connectivity index (χ1n) is 13.6. The van der Waals surface area contributed by atoms with Crippen LogP contribution in [0.1, 0.15) is 79.1 Å². The van der Waals surface area contributed by atoms with Crippen molar-refractivity contribution >= 4 is 58.9 Å². The molecule has 2 saturated heterocycles. The Morgan fingerprint density at radius 2 is 1.14 bits per heavy atom. The number of hydrogen-bond donors (Lipinski definition) is 0. The molecule has 6 nitrogen and oxygen atoms in total. The molecule has 2 unspecified atom stereocenters. The Labute approximate surface area is 234 Å². The predicted octanol–water partition coefficient (Wildman–Crippen LogP) is 5.63. The first-order chi connectivity index (χ1) is 17.5. The summed E-state index contributed by atoms with van der Waals surface area (Å²) >= 11 is 5.22. The van der Waals surface area contributed by atoms with Crippen molar-refractivity contribution in [2.45, 2.75) is 90.1 Å². The highest BCUT2D eigenvalue weighted by Crippen LogP contribution is 2.43. The van der Waals surface area contributed by atoms with Crippen LogP contribution >= 0.6 is 35.3 Å². The van der Waals surface area contributed by atoms with Crippen LogP contribution < -0.4 is 0 Å². The van der Waals surface area contributed by atoms with Gasteiger partial charge in [-0.2, -0.15) is 11.8 Å². The molecule has 4 rings (SSSR count). The van der Waals surface area contributed by atoms with Crippen molar-refractivity contribution in [2.24, 2.45) is 11.8 Å². The minimum Gasteiger partial charge on any atom is -0.274 e. The Bertz CT molecular complexity index is 925. The average Bonchev–Trinajstić information content (AvgIpc) is 3.47. The molecule has 2 fully saturated rings. The molecule has 0 aliphatic carbocycles. The SMILES string of the molecule is CC(C)(CCCCSCCCCC(C)(C)N1C(=O)C=C2SCCC2C1=O)N1C(=O)C=C2SCCC2C1=O. The summed E-state index contributed by atoms with van der Waals surface area (Å²) in [6.45, 7) is 8.05. The lowest BCUT2D eigenvalue weighted by Crippen LogP contribution is -2.54. The molecule has 4 aliphatic rings. The van der Waals surface area contributed by atoms with Crippen molar-refractivity contribution in [2.75, 3.05) is 23.0 Å². The van der Waals surface area contributed by atoms with E-state index in [0.29, 0.717) is 0 Å². The smallest absolute Gasteiger partial charge is 0.254 e. The van der Waals surface area contributed by atoms with E-state index >= 15 is 0 Å². The fraction of sp³-hybridized carbons (Fsp3) is 0.714. The molecule has 9 heteroatoms. The number of carbonyl (C=O) groups is 4. The summed E-state index contributed by atoms with van der Waals surface area (Å²) in [5.74, 6) is 3.41. The summed E-state index contributed by atoms with van der Waals surface area (Å²) in [4.78, 5) is 56.2. The quantitative estimate of drug-likeness (QED) is 0.225. The van der Waals surface area contributed by atoms with E-state index in [1.807, 2.05) is 39.5 Å². The van der Waals surface area contributed by atoms with Gasteiger partial charge < -0.3 is 0 Å². The molecule has 0 saturated carbocycles. The molecule has 0 bridgehead atoms. The molecule has 0 N–H and O–H groups in total. The third-order valence-corrected chi connectivity index (χ3v) is 11.4. The van der Waals surface area contributed by atoms with E-state index in [2.05, 4.69) is 0 Å². The van der Waals surface area contributed by atoms with Gasteiger partial charge in [0, 0.05) is 33.0 Å². The number of thioether (sulfide) groups is 3. The van der Waals surface area contributed by atoms with Crippen LogP contribution in [-0.2, 0) is 19.2 Å². The third kappa shape index (κ3) is 6.35. The van der Waals surface area contributed by atoms with Crippen LogP contribution in [0.5, 0.6) is 0 Å². The van der Waals surface area contributed by atoms with Gasteiger partial charge in [0.25, 0.3) is 11.8 Å². The molecule has 0 aromatic carbocycles. The fourth-order valence-corrected chi connectivity index (χ4v) is 9.20. The van der Waals surface area contributed by atoms with Crippen molar-refractivity contribution in [3.05, 3.63) is 22.0 Å². The van der Waals surface area contributed by atoms with Crippen LogP contribution in [-0.4, -0.2) is 67.5 Å². The Morgan fingerprint density at radius 3 is 1.54 bits per heavy atom. The van der Waals surface area contributed by atoms with Gasteiger partial charge in [0.05, 0.1) is 11.8 Å². The van der Waals surface area contributed by atoms with E-state index in [4.69, 9.17) is 0 Å². The lowest BCUT2D eigenvalue weighted by atomic mass is 9.90. The third-order valence-electron chi connectivity index (χ3n) is 7.91. The number of hydrogen-bond acceptors (Lipinski definition) is 7. The Kier molecular flexibility index (Phi) is 9.27.